The van der Waals surface area contributed by atoms with E-state index < -0.39 is 12.8 Å². The molecule has 2 N–H and O–H groups in total. The van der Waals surface area contributed by atoms with E-state index in [1.54, 1.807) is 19.2 Å². The predicted molar refractivity (Wildman–Crippen MR) is 128 cm³/mol. The lowest BCUT2D eigenvalue weighted by molar-refractivity contribution is -0.176. The van der Waals surface area contributed by atoms with Gasteiger partial charge in [-0.2, -0.15) is 13.2 Å². The van der Waals surface area contributed by atoms with Crippen LogP contribution in [0.5, 0.6) is 0 Å². The summed E-state index contributed by atoms with van der Waals surface area (Å²) in [6, 6.07) is 18.0. The molecule has 2 aromatic carbocycles. The molecule has 0 amide bonds. The second kappa shape index (κ2) is 12.1. The van der Waals surface area contributed by atoms with Gasteiger partial charge >= 0.3 is 6.18 Å². The van der Waals surface area contributed by atoms with Crippen molar-refractivity contribution in [2.75, 3.05) is 31.6 Å². The van der Waals surface area contributed by atoms with Crippen molar-refractivity contribution in [2.45, 2.75) is 31.8 Å². The van der Waals surface area contributed by atoms with Gasteiger partial charge in [0.2, 0.25) is 0 Å². The first-order valence-corrected chi connectivity index (χ1v) is 9.92. The fourth-order valence-corrected chi connectivity index (χ4v) is 3.36. The average Bonchev–Trinajstić information content (AvgIpc) is 3.20. The van der Waals surface area contributed by atoms with Gasteiger partial charge in [0, 0.05) is 38.4 Å². The molecule has 1 saturated heterocycles. The topological polar surface area (TPSA) is 48.9 Å². The molecule has 3 rings (SSSR count). The van der Waals surface area contributed by atoms with Crippen molar-refractivity contribution in [1.29, 1.82) is 0 Å². The van der Waals surface area contributed by atoms with Crippen LogP contribution >= 0.6 is 24.0 Å². The molecule has 1 fully saturated rings. The Bertz CT molecular complexity index is 816. The fourth-order valence-electron chi connectivity index (χ4n) is 3.36. The molecule has 0 saturated carbocycles. The summed E-state index contributed by atoms with van der Waals surface area (Å²) in [5.41, 5.74) is 2.94. The molecule has 170 valence electrons. The number of guanidine groups is 1. The van der Waals surface area contributed by atoms with Gasteiger partial charge in [0.05, 0.1) is 6.61 Å². The summed E-state index contributed by atoms with van der Waals surface area (Å²) in [6.07, 6.45) is -3.27. The number of hydrogen-bond acceptors (Lipinski definition) is 3. The molecule has 0 aromatic heterocycles. The van der Waals surface area contributed by atoms with Crippen LogP contribution in [0.2, 0.25) is 0 Å². The Balaban J connectivity index is 0.00000341. The summed E-state index contributed by atoms with van der Waals surface area (Å²) in [4.78, 5) is 6.65. The normalized spacial score (nSPS) is 16.7. The maximum absolute atomic E-state index is 12.1. The van der Waals surface area contributed by atoms with E-state index in [2.05, 4.69) is 37.4 Å². The van der Waals surface area contributed by atoms with Gasteiger partial charge in [-0.25, -0.2) is 0 Å². The number of nitrogens with one attached hydrogen (secondary N) is 2. The van der Waals surface area contributed by atoms with E-state index in [-0.39, 0.29) is 30.6 Å². The van der Waals surface area contributed by atoms with Crippen molar-refractivity contribution in [2.24, 2.45) is 4.99 Å². The molecule has 1 heterocycles. The van der Waals surface area contributed by atoms with E-state index in [1.165, 1.54) is 5.69 Å². The third kappa shape index (κ3) is 8.56. The lowest BCUT2D eigenvalue weighted by Gasteiger charge is -2.20. The number of benzene rings is 2. The van der Waals surface area contributed by atoms with Gasteiger partial charge in [0.1, 0.15) is 6.61 Å². The Morgan fingerprint density at radius 1 is 1.10 bits per heavy atom. The molecule has 0 bridgehead atoms. The molecule has 5 nitrogen and oxygen atoms in total. The number of ether oxygens (including phenoxy) is 1. The van der Waals surface area contributed by atoms with Crippen LogP contribution in [0.3, 0.4) is 0 Å². The van der Waals surface area contributed by atoms with Crippen molar-refractivity contribution >= 4 is 35.6 Å². The van der Waals surface area contributed by atoms with E-state index >= 15 is 0 Å². The predicted octanol–water partition coefficient (Wildman–Crippen LogP) is 4.33. The first-order chi connectivity index (χ1) is 14.4. The quantitative estimate of drug-likeness (QED) is 0.308. The summed E-state index contributed by atoms with van der Waals surface area (Å²) in [7, 11) is 1.74. The van der Waals surface area contributed by atoms with Gasteiger partial charge in [-0.3, -0.25) is 4.99 Å². The molecule has 1 unspecified atom stereocenters. The number of anilines is 1. The summed E-state index contributed by atoms with van der Waals surface area (Å²) in [5.74, 6) is 0.729. The molecule has 1 aliphatic rings. The molecule has 31 heavy (non-hydrogen) atoms. The number of halogens is 4. The Kier molecular flexibility index (Phi) is 9.89. The molecule has 1 aliphatic heterocycles. The summed E-state index contributed by atoms with van der Waals surface area (Å²) < 4.78 is 41.1. The zero-order valence-corrected chi connectivity index (χ0v) is 19.7. The third-order valence-electron chi connectivity index (χ3n) is 4.89. The molecular weight excluding hydrogens is 520 g/mol. The van der Waals surface area contributed by atoms with Gasteiger partial charge in [-0.1, -0.05) is 42.5 Å². The third-order valence-corrected chi connectivity index (χ3v) is 4.89. The van der Waals surface area contributed by atoms with E-state index in [1.807, 2.05) is 30.3 Å². The van der Waals surface area contributed by atoms with Crippen LogP contribution in [0.25, 0.3) is 0 Å². The van der Waals surface area contributed by atoms with Crippen LogP contribution in [-0.2, 0) is 17.9 Å². The molecule has 2 aromatic rings. The average molecular weight is 548 g/mol. The van der Waals surface area contributed by atoms with Crippen molar-refractivity contribution in [3.8, 4) is 0 Å². The van der Waals surface area contributed by atoms with Gasteiger partial charge in [-0.15, -0.1) is 24.0 Å². The number of para-hydroxylation sites is 1. The fraction of sp³-hybridized carbons (Fsp3) is 0.409. The second-order valence-corrected chi connectivity index (χ2v) is 7.26. The largest absolute Gasteiger partial charge is 0.411 e. The Labute approximate surface area is 198 Å². The van der Waals surface area contributed by atoms with Gasteiger partial charge in [-0.05, 0) is 29.7 Å². The first kappa shape index (κ1) is 25.3. The minimum atomic E-state index is -4.30. The van der Waals surface area contributed by atoms with Crippen LogP contribution in [0.15, 0.2) is 59.6 Å². The van der Waals surface area contributed by atoms with E-state index in [0.717, 1.165) is 31.0 Å². The van der Waals surface area contributed by atoms with Crippen LogP contribution in [0, 0.1) is 0 Å². The molecule has 9 heteroatoms. The van der Waals surface area contributed by atoms with E-state index in [0.29, 0.717) is 18.2 Å². The van der Waals surface area contributed by atoms with E-state index in [9.17, 15) is 13.2 Å². The first-order valence-electron chi connectivity index (χ1n) is 9.92. The van der Waals surface area contributed by atoms with Crippen molar-refractivity contribution in [3.63, 3.8) is 0 Å². The van der Waals surface area contributed by atoms with Crippen LogP contribution in [-0.4, -0.2) is 44.9 Å². The summed E-state index contributed by atoms with van der Waals surface area (Å²) >= 11 is 0. The van der Waals surface area contributed by atoms with Crippen LogP contribution in [0.1, 0.15) is 17.5 Å². The Hall–Kier alpha value is -2.01. The standard InChI is InChI=1S/C22H27F3N4O.HI/c1-26-21(28-19-11-12-29(14-19)20-5-3-2-4-6-20)27-13-17-7-9-18(10-8-17)15-30-16-22(23,24)25;/h2-10,19H,11-16H2,1H3,(H2,26,27,28);1H. The Morgan fingerprint density at radius 2 is 1.77 bits per heavy atom. The molecule has 0 radical (unpaired) electrons. The van der Waals surface area contributed by atoms with E-state index in [4.69, 9.17) is 0 Å². The van der Waals surface area contributed by atoms with Gasteiger partial charge in [0.25, 0.3) is 0 Å². The highest BCUT2D eigenvalue weighted by Gasteiger charge is 2.27. The maximum atomic E-state index is 12.1. The van der Waals surface area contributed by atoms with Crippen molar-refractivity contribution in [1.82, 2.24) is 10.6 Å². The van der Waals surface area contributed by atoms with Crippen molar-refractivity contribution < 1.29 is 17.9 Å². The number of hydrogen-bond donors (Lipinski definition) is 2. The minimum absolute atomic E-state index is 0. The monoisotopic (exact) mass is 548 g/mol. The number of alkyl halides is 3. The smallest absolute Gasteiger partial charge is 0.369 e. The molecule has 1 atom stereocenters. The summed E-state index contributed by atoms with van der Waals surface area (Å²) in [5, 5.41) is 6.75. The lowest BCUT2D eigenvalue weighted by Crippen LogP contribution is -2.44. The highest BCUT2D eigenvalue weighted by molar-refractivity contribution is 14.0. The number of rotatable bonds is 7. The molecule has 0 spiro atoms. The highest BCUT2D eigenvalue weighted by Crippen LogP contribution is 2.19. The number of nitrogens with zero attached hydrogens (tertiary/aromatic N) is 2. The maximum Gasteiger partial charge on any atom is 0.411 e. The lowest BCUT2D eigenvalue weighted by atomic mass is 10.1. The number of aliphatic imine (C=N–C) groups is 1. The van der Waals surface area contributed by atoms with Crippen LogP contribution in [0.4, 0.5) is 18.9 Å². The minimum Gasteiger partial charge on any atom is -0.369 e. The van der Waals surface area contributed by atoms with Gasteiger partial charge < -0.3 is 20.3 Å². The molecule has 0 aliphatic carbocycles. The van der Waals surface area contributed by atoms with Crippen LogP contribution < -0.4 is 15.5 Å². The zero-order valence-electron chi connectivity index (χ0n) is 17.4. The second-order valence-electron chi connectivity index (χ2n) is 7.26. The highest BCUT2D eigenvalue weighted by atomic mass is 127. The summed E-state index contributed by atoms with van der Waals surface area (Å²) in [6.45, 7) is 1.18. The zero-order chi connectivity index (χ0) is 21.4. The molecular formula is C22H28F3IN4O. The van der Waals surface area contributed by atoms with Gasteiger partial charge in [0.15, 0.2) is 5.96 Å². The SMILES string of the molecule is CN=C(NCc1ccc(COCC(F)(F)F)cc1)NC1CCN(c2ccccc2)C1.I. The van der Waals surface area contributed by atoms with Crippen molar-refractivity contribution in [3.05, 3.63) is 65.7 Å². The Morgan fingerprint density at radius 3 is 2.42 bits per heavy atom.